The van der Waals surface area contributed by atoms with Gasteiger partial charge in [0, 0.05) is 0 Å². The third-order valence-electron chi connectivity index (χ3n) is 1.67. The number of benzene rings is 1. The number of carbonyl (C=O) groups is 2. The third kappa shape index (κ3) is 3.65. The van der Waals surface area contributed by atoms with E-state index < -0.39 is 18.0 Å². The number of hydrogen-bond donors (Lipinski definition) is 4. The molecule has 2 amide bonds. The Balaban J connectivity index is 0.00000196. The van der Waals surface area contributed by atoms with Gasteiger partial charge in [0.15, 0.2) is 6.04 Å². The molecule has 0 saturated carbocycles. The third-order valence-corrected chi connectivity index (χ3v) is 1.67. The minimum absolute atomic E-state index is 0. The van der Waals surface area contributed by atoms with Crippen molar-refractivity contribution in [1.29, 1.82) is 0 Å². The molecule has 0 aliphatic carbocycles. The van der Waals surface area contributed by atoms with Crippen LogP contribution in [0.15, 0.2) is 30.3 Å². The van der Waals surface area contributed by atoms with E-state index in [1.807, 2.05) is 0 Å². The van der Waals surface area contributed by atoms with Crippen LogP contribution in [-0.4, -0.2) is 17.1 Å². The Kier molecular flexibility index (Phi) is 4.83. The highest BCUT2D eigenvalue weighted by Crippen LogP contribution is 2.11. The normalized spacial score (nSPS) is 10.9. The molecule has 0 unspecified atom stereocenters. The van der Waals surface area contributed by atoms with E-state index in [2.05, 4.69) is 5.32 Å². The van der Waals surface area contributed by atoms with Crippen molar-refractivity contribution in [3.8, 4) is 0 Å². The average molecular weight is 211 g/mol. The molecule has 0 radical (unpaired) electrons. The lowest BCUT2D eigenvalue weighted by molar-refractivity contribution is -0.139. The number of primary amides is 1. The topological polar surface area (TPSA) is 127 Å². The Morgan fingerprint density at radius 2 is 1.80 bits per heavy atom. The lowest BCUT2D eigenvalue weighted by atomic mass is 10.1. The fourth-order valence-corrected chi connectivity index (χ4v) is 1.08. The molecule has 0 spiro atoms. The monoisotopic (exact) mass is 211 g/mol. The van der Waals surface area contributed by atoms with E-state index in [-0.39, 0.29) is 6.15 Å². The number of urea groups is 1. The van der Waals surface area contributed by atoms with Crippen LogP contribution >= 0.6 is 0 Å². The molecule has 0 aliphatic rings. The minimum Gasteiger partial charge on any atom is -0.479 e. The molecular formula is C9H13N3O3. The first kappa shape index (κ1) is 12.9. The molecule has 6 heteroatoms. The maximum atomic E-state index is 10.8. The molecule has 0 heterocycles. The molecule has 0 saturated heterocycles. The van der Waals surface area contributed by atoms with Gasteiger partial charge in [0.25, 0.3) is 0 Å². The van der Waals surface area contributed by atoms with Crippen molar-refractivity contribution in [3.05, 3.63) is 35.9 Å². The number of nitrogens with one attached hydrogen (secondary N) is 1. The van der Waals surface area contributed by atoms with Crippen molar-refractivity contribution >= 4 is 12.0 Å². The van der Waals surface area contributed by atoms with Crippen LogP contribution < -0.4 is 17.2 Å². The summed E-state index contributed by atoms with van der Waals surface area (Å²) in [5.41, 5.74) is 5.34. The fraction of sp³-hybridized carbons (Fsp3) is 0.111. The molecule has 6 nitrogen and oxygen atoms in total. The highest BCUT2D eigenvalue weighted by atomic mass is 16.4. The summed E-state index contributed by atoms with van der Waals surface area (Å²) in [6.07, 6.45) is 0. The maximum Gasteiger partial charge on any atom is 0.330 e. The van der Waals surface area contributed by atoms with Gasteiger partial charge in [0.2, 0.25) is 0 Å². The van der Waals surface area contributed by atoms with Crippen LogP contribution in [0.1, 0.15) is 11.6 Å². The fourth-order valence-electron chi connectivity index (χ4n) is 1.08. The number of carboxylic acids is 1. The van der Waals surface area contributed by atoms with Crippen LogP contribution in [0, 0.1) is 0 Å². The first-order chi connectivity index (χ1) is 6.61. The molecule has 1 atom stereocenters. The van der Waals surface area contributed by atoms with Gasteiger partial charge in [-0.2, -0.15) is 0 Å². The standard InChI is InChI=1S/C9H10N2O3.H3N/c10-9(14)11-7(8(12)13)6-4-2-1-3-5-6;/h1-5,7H,(H,12,13)(H3,10,11,14);1H3/t7-;/m1./s1. The number of carbonyl (C=O) groups excluding carboxylic acids is 1. The van der Waals surface area contributed by atoms with Crippen LogP contribution in [-0.2, 0) is 4.79 Å². The smallest absolute Gasteiger partial charge is 0.330 e. The summed E-state index contributed by atoms with van der Waals surface area (Å²) < 4.78 is 0. The molecule has 1 rings (SSSR count). The molecule has 0 aromatic heterocycles. The van der Waals surface area contributed by atoms with Crippen LogP contribution in [0.2, 0.25) is 0 Å². The number of carboxylic acid groups (broad SMARTS) is 1. The van der Waals surface area contributed by atoms with Crippen LogP contribution in [0.25, 0.3) is 0 Å². The van der Waals surface area contributed by atoms with E-state index in [9.17, 15) is 9.59 Å². The molecule has 0 fully saturated rings. The van der Waals surface area contributed by atoms with E-state index in [0.29, 0.717) is 5.56 Å². The predicted octanol–water partition coefficient (Wildman–Crippen LogP) is 0.643. The van der Waals surface area contributed by atoms with Gasteiger partial charge in [-0.15, -0.1) is 0 Å². The zero-order valence-electron chi connectivity index (χ0n) is 8.01. The molecule has 7 N–H and O–H groups in total. The summed E-state index contributed by atoms with van der Waals surface area (Å²) in [5, 5.41) is 10.9. The van der Waals surface area contributed by atoms with Crippen molar-refractivity contribution < 1.29 is 14.7 Å². The second kappa shape index (κ2) is 5.61. The summed E-state index contributed by atoms with van der Waals surface area (Å²) in [5.74, 6) is -1.14. The van der Waals surface area contributed by atoms with E-state index in [4.69, 9.17) is 10.8 Å². The molecule has 0 aliphatic heterocycles. The Labute approximate surface area is 86.7 Å². The van der Waals surface area contributed by atoms with Crippen LogP contribution in [0.4, 0.5) is 4.79 Å². The number of nitrogens with two attached hydrogens (primary N) is 1. The average Bonchev–Trinajstić information content (AvgIpc) is 2.15. The van der Waals surface area contributed by atoms with Crippen molar-refractivity contribution in [1.82, 2.24) is 11.5 Å². The largest absolute Gasteiger partial charge is 0.479 e. The SMILES string of the molecule is N.NC(=O)N[C@@H](C(=O)O)c1ccccc1. The van der Waals surface area contributed by atoms with Gasteiger partial charge >= 0.3 is 12.0 Å². The van der Waals surface area contributed by atoms with E-state index in [1.165, 1.54) is 0 Å². The van der Waals surface area contributed by atoms with Gasteiger partial charge in [0.1, 0.15) is 0 Å². The maximum absolute atomic E-state index is 10.8. The van der Waals surface area contributed by atoms with Gasteiger partial charge in [-0.05, 0) is 5.56 Å². The van der Waals surface area contributed by atoms with Crippen LogP contribution in [0.3, 0.4) is 0 Å². The van der Waals surface area contributed by atoms with Gasteiger partial charge in [-0.3, -0.25) is 0 Å². The minimum atomic E-state index is -1.14. The summed E-state index contributed by atoms with van der Waals surface area (Å²) in [6, 6.07) is 6.40. The molecule has 0 bridgehead atoms. The van der Waals surface area contributed by atoms with E-state index in [0.717, 1.165) is 0 Å². The summed E-state index contributed by atoms with van der Waals surface area (Å²) in [4.78, 5) is 21.3. The molecule has 1 aromatic rings. The van der Waals surface area contributed by atoms with Crippen molar-refractivity contribution in [2.24, 2.45) is 5.73 Å². The Morgan fingerprint density at radius 3 is 2.20 bits per heavy atom. The van der Waals surface area contributed by atoms with Gasteiger partial charge in [0.05, 0.1) is 0 Å². The van der Waals surface area contributed by atoms with Gasteiger partial charge in [-0.1, -0.05) is 30.3 Å². The number of rotatable bonds is 3. The Morgan fingerprint density at radius 1 is 1.27 bits per heavy atom. The first-order valence-corrected chi connectivity index (χ1v) is 3.95. The molecular weight excluding hydrogens is 198 g/mol. The summed E-state index contributed by atoms with van der Waals surface area (Å²) in [6.45, 7) is 0. The van der Waals surface area contributed by atoms with E-state index >= 15 is 0 Å². The summed E-state index contributed by atoms with van der Waals surface area (Å²) in [7, 11) is 0. The first-order valence-electron chi connectivity index (χ1n) is 3.95. The number of hydrogen-bond acceptors (Lipinski definition) is 3. The van der Waals surface area contributed by atoms with Crippen LogP contribution in [0.5, 0.6) is 0 Å². The lowest BCUT2D eigenvalue weighted by Gasteiger charge is -2.12. The van der Waals surface area contributed by atoms with Crippen molar-refractivity contribution in [3.63, 3.8) is 0 Å². The molecule has 15 heavy (non-hydrogen) atoms. The Bertz CT molecular complexity index is 340. The summed E-state index contributed by atoms with van der Waals surface area (Å²) >= 11 is 0. The Hall–Kier alpha value is -2.08. The molecule has 1 aromatic carbocycles. The van der Waals surface area contributed by atoms with Crippen molar-refractivity contribution in [2.75, 3.05) is 0 Å². The highest BCUT2D eigenvalue weighted by molar-refractivity contribution is 5.82. The quantitative estimate of drug-likeness (QED) is 0.584. The second-order valence-corrected chi connectivity index (χ2v) is 2.69. The van der Waals surface area contributed by atoms with Crippen molar-refractivity contribution in [2.45, 2.75) is 6.04 Å². The second-order valence-electron chi connectivity index (χ2n) is 2.69. The zero-order valence-corrected chi connectivity index (χ0v) is 8.01. The van der Waals surface area contributed by atoms with E-state index in [1.54, 1.807) is 30.3 Å². The van der Waals surface area contributed by atoms with Gasteiger partial charge < -0.3 is 22.3 Å². The van der Waals surface area contributed by atoms with Gasteiger partial charge in [-0.25, -0.2) is 9.59 Å². The molecule has 82 valence electrons. The lowest BCUT2D eigenvalue weighted by Crippen LogP contribution is -2.37. The zero-order chi connectivity index (χ0) is 10.6. The predicted molar refractivity (Wildman–Crippen MR) is 54.6 cm³/mol. The highest BCUT2D eigenvalue weighted by Gasteiger charge is 2.20. The number of amides is 2. The number of aliphatic carboxylic acids is 1.